The van der Waals surface area contributed by atoms with E-state index in [1.54, 1.807) is 6.07 Å². The zero-order chi connectivity index (χ0) is 15.0. The van der Waals surface area contributed by atoms with E-state index in [9.17, 15) is 10.2 Å². The smallest absolute Gasteiger partial charge is 0.290 e. The van der Waals surface area contributed by atoms with Crippen molar-refractivity contribution >= 4 is 6.47 Å². The van der Waals surface area contributed by atoms with Crippen LogP contribution in [0.3, 0.4) is 0 Å². The Hall–Kier alpha value is -1.71. The zero-order valence-electron chi connectivity index (χ0n) is 12.0. The summed E-state index contributed by atoms with van der Waals surface area (Å²) in [6.07, 6.45) is 7.99. The SMILES string of the molecule is O=CO.Oc1ccc(C23CC4CC(CC(C4)C2)C3)c(O)c1. The highest BCUT2D eigenvalue weighted by Gasteiger charge is 2.52. The van der Waals surface area contributed by atoms with Gasteiger partial charge in [0.1, 0.15) is 11.5 Å². The summed E-state index contributed by atoms with van der Waals surface area (Å²) in [5.41, 5.74) is 1.31. The second-order valence-corrected chi connectivity index (χ2v) is 7.00. The Bertz CT molecular complexity index is 502. The van der Waals surface area contributed by atoms with Crippen molar-refractivity contribution in [3.05, 3.63) is 23.8 Å². The molecule has 0 radical (unpaired) electrons. The molecule has 0 saturated heterocycles. The second-order valence-electron chi connectivity index (χ2n) is 7.00. The molecular weight excluding hydrogens is 268 g/mol. The summed E-state index contributed by atoms with van der Waals surface area (Å²) in [4.78, 5) is 8.36. The Morgan fingerprint density at radius 2 is 1.48 bits per heavy atom. The fourth-order valence-electron chi connectivity index (χ4n) is 5.41. The van der Waals surface area contributed by atoms with Crippen LogP contribution < -0.4 is 0 Å². The van der Waals surface area contributed by atoms with Gasteiger partial charge in [-0.2, -0.15) is 0 Å². The molecule has 4 nitrogen and oxygen atoms in total. The first-order valence-corrected chi connectivity index (χ1v) is 7.66. The summed E-state index contributed by atoms with van der Waals surface area (Å²) in [7, 11) is 0. The van der Waals surface area contributed by atoms with Crippen molar-refractivity contribution in [3.8, 4) is 11.5 Å². The molecule has 0 aliphatic heterocycles. The van der Waals surface area contributed by atoms with Gasteiger partial charge >= 0.3 is 0 Å². The maximum absolute atomic E-state index is 10.2. The van der Waals surface area contributed by atoms with Crippen LogP contribution in [0.25, 0.3) is 0 Å². The van der Waals surface area contributed by atoms with Crippen molar-refractivity contribution in [1.82, 2.24) is 0 Å². The van der Waals surface area contributed by atoms with Crippen LogP contribution in [0.2, 0.25) is 0 Å². The van der Waals surface area contributed by atoms with Crippen LogP contribution in [0.4, 0.5) is 0 Å². The maximum atomic E-state index is 10.2. The lowest BCUT2D eigenvalue weighted by molar-refractivity contribution is -0.122. The highest BCUT2D eigenvalue weighted by Crippen LogP contribution is 2.61. The normalized spacial score (nSPS) is 35.9. The second kappa shape index (κ2) is 5.24. The van der Waals surface area contributed by atoms with Crippen molar-refractivity contribution in [2.24, 2.45) is 17.8 Å². The third-order valence-corrected chi connectivity index (χ3v) is 5.59. The van der Waals surface area contributed by atoms with Gasteiger partial charge in [-0.05, 0) is 67.8 Å². The van der Waals surface area contributed by atoms with E-state index >= 15 is 0 Å². The van der Waals surface area contributed by atoms with Crippen molar-refractivity contribution in [1.29, 1.82) is 0 Å². The summed E-state index contributed by atoms with van der Waals surface area (Å²) in [5, 5.41) is 26.5. The van der Waals surface area contributed by atoms with Gasteiger partial charge in [0.2, 0.25) is 0 Å². The molecule has 4 heteroatoms. The number of phenolic OH excluding ortho intramolecular Hbond substituents is 2. The molecule has 5 rings (SSSR count). The summed E-state index contributed by atoms with van der Waals surface area (Å²) in [6, 6.07) is 5.19. The predicted molar refractivity (Wildman–Crippen MR) is 78.3 cm³/mol. The molecule has 0 atom stereocenters. The molecule has 21 heavy (non-hydrogen) atoms. The monoisotopic (exact) mass is 290 g/mol. The summed E-state index contributed by atoms with van der Waals surface area (Å²) < 4.78 is 0. The first-order valence-electron chi connectivity index (χ1n) is 7.66. The zero-order valence-corrected chi connectivity index (χ0v) is 12.0. The van der Waals surface area contributed by atoms with Gasteiger partial charge in [0, 0.05) is 11.6 Å². The largest absolute Gasteiger partial charge is 0.508 e. The number of rotatable bonds is 1. The van der Waals surface area contributed by atoms with Gasteiger partial charge in [0.25, 0.3) is 6.47 Å². The third-order valence-electron chi connectivity index (χ3n) is 5.59. The summed E-state index contributed by atoms with van der Waals surface area (Å²) >= 11 is 0. The number of benzene rings is 1. The van der Waals surface area contributed by atoms with E-state index in [1.807, 2.05) is 6.07 Å². The van der Waals surface area contributed by atoms with Crippen LogP contribution >= 0.6 is 0 Å². The number of hydrogen-bond donors (Lipinski definition) is 3. The Morgan fingerprint density at radius 3 is 1.90 bits per heavy atom. The molecule has 1 aromatic carbocycles. The molecule has 3 N–H and O–H groups in total. The van der Waals surface area contributed by atoms with Crippen LogP contribution in [0, 0.1) is 17.8 Å². The topological polar surface area (TPSA) is 77.8 Å². The van der Waals surface area contributed by atoms with Crippen LogP contribution in [-0.2, 0) is 10.2 Å². The molecule has 1 aromatic rings. The first-order chi connectivity index (χ1) is 10.1. The molecular formula is C17H22O4. The molecule has 4 aliphatic rings. The number of aromatic hydroxyl groups is 2. The minimum absolute atomic E-state index is 0.168. The highest BCUT2D eigenvalue weighted by molar-refractivity contribution is 5.44. The van der Waals surface area contributed by atoms with E-state index in [0.717, 1.165) is 23.3 Å². The molecule has 0 amide bonds. The van der Waals surface area contributed by atoms with Crippen LogP contribution in [-0.4, -0.2) is 21.8 Å². The van der Waals surface area contributed by atoms with Crippen molar-refractivity contribution in [2.75, 3.05) is 0 Å². The van der Waals surface area contributed by atoms with Gasteiger partial charge in [-0.1, -0.05) is 6.07 Å². The predicted octanol–water partition coefficient (Wildman–Crippen LogP) is 3.27. The molecule has 0 spiro atoms. The van der Waals surface area contributed by atoms with Crippen molar-refractivity contribution in [3.63, 3.8) is 0 Å². The van der Waals surface area contributed by atoms with Crippen LogP contribution in [0.1, 0.15) is 44.1 Å². The van der Waals surface area contributed by atoms with E-state index in [1.165, 1.54) is 44.6 Å². The van der Waals surface area contributed by atoms with Crippen LogP contribution in [0.15, 0.2) is 18.2 Å². The van der Waals surface area contributed by atoms with Gasteiger partial charge in [0.05, 0.1) is 0 Å². The quantitative estimate of drug-likeness (QED) is 0.694. The molecule has 114 valence electrons. The van der Waals surface area contributed by atoms with E-state index in [2.05, 4.69) is 0 Å². The Morgan fingerprint density at radius 1 is 1.00 bits per heavy atom. The van der Waals surface area contributed by atoms with Crippen molar-refractivity contribution < 1.29 is 20.1 Å². The average Bonchev–Trinajstić information content (AvgIpc) is 2.37. The summed E-state index contributed by atoms with van der Waals surface area (Å²) in [5.74, 6) is 3.11. The van der Waals surface area contributed by atoms with E-state index in [4.69, 9.17) is 9.90 Å². The van der Waals surface area contributed by atoms with Gasteiger partial charge in [-0.15, -0.1) is 0 Å². The number of carbonyl (C=O) groups is 1. The lowest BCUT2D eigenvalue weighted by Crippen LogP contribution is -2.48. The number of hydrogen-bond acceptors (Lipinski definition) is 3. The minimum Gasteiger partial charge on any atom is -0.508 e. The lowest BCUT2D eigenvalue weighted by Gasteiger charge is -2.57. The molecule has 4 fully saturated rings. The van der Waals surface area contributed by atoms with E-state index in [0.29, 0.717) is 5.75 Å². The Balaban J connectivity index is 0.000000409. The Kier molecular flexibility index (Phi) is 3.56. The van der Waals surface area contributed by atoms with Crippen molar-refractivity contribution in [2.45, 2.75) is 43.9 Å². The van der Waals surface area contributed by atoms with Gasteiger partial charge < -0.3 is 15.3 Å². The molecule has 0 unspecified atom stereocenters. The average molecular weight is 290 g/mol. The molecule has 4 saturated carbocycles. The highest BCUT2D eigenvalue weighted by atomic mass is 16.3. The maximum Gasteiger partial charge on any atom is 0.290 e. The van der Waals surface area contributed by atoms with Gasteiger partial charge in [0.15, 0.2) is 0 Å². The fraction of sp³-hybridized carbons (Fsp3) is 0.588. The van der Waals surface area contributed by atoms with Gasteiger partial charge in [-0.25, -0.2) is 0 Å². The lowest BCUT2D eigenvalue weighted by atomic mass is 9.48. The minimum atomic E-state index is -0.250. The van der Waals surface area contributed by atoms with E-state index < -0.39 is 0 Å². The Labute approximate surface area is 124 Å². The standard InChI is InChI=1S/C16H20O2.CH2O2/c17-13-1-2-14(15(18)6-13)16-7-10-3-11(8-16)5-12(4-10)9-16;2-1-3/h1-2,6,10-12,17-18H,3-5,7-9H2;1H,(H,2,3). The molecule has 0 aromatic heterocycles. The van der Waals surface area contributed by atoms with Crippen LogP contribution in [0.5, 0.6) is 11.5 Å². The van der Waals surface area contributed by atoms with E-state index in [-0.39, 0.29) is 17.6 Å². The van der Waals surface area contributed by atoms with Gasteiger partial charge in [-0.3, -0.25) is 4.79 Å². The molecule has 4 bridgehead atoms. The number of carboxylic acid groups (broad SMARTS) is 1. The third kappa shape index (κ3) is 2.47. The number of phenols is 2. The first kappa shape index (κ1) is 14.2. The molecule has 0 heterocycles. The molecule has 4 aliphatic carbocycles. The fourth-order valence-corrected chi connectivity index (χ4v) is 5.41. The summed E-state index contributed by atoms with van der Waals surface area (Å²) in [6.45, 7) is -0.250.